The van der Waals surface area contributed by atoms with Crippen LogP contribution in [0.25, 0.3) is 0 Å². The molecule has 0 unspecified atom stereocenters. The van der Waals surface area contributed by atoms with Gasteiger partial charge in [0.15, 0.2) is 0 Å². The Morgan fingerprint density at radius 2 is 1.89 bits per heavy atom. The third-order valence-electron chi connectivity index (χ3n) is 2.60. The summed E-state index contributed by atoms with van der Waals surface area (Å²) in [6.07, 6.45) is 0. The molecule has 0 saturated heterocycles. The van der Waals surface area contributed by atoms with Crippen LogP contribution in [0.4, 0.5) is 0 Å². The second kappa shape index (κ2) is 6.97. The molecule has 102 valence electrons. The minimum absolute atomic E-state index is 0.0292. The highest BCUT2D eigenvalue weighted by atomic mass is 35.5. The zero-order chi connectivity index (χ0) is 13.6. The molecule has 0 saturated carbocycles. The first-order chi connectivity index (χ1) is 8.53. The molecular weight excluding hydrogens is 274 g/mol. The zero-order valence-corrected chi connectivity index (χ0v) is 12.2. The van der Waals surface area contributed by atoms with Crippen molar-refractivity contribution in [3.63, 3.8) is 0 Å². The molecule has 0 amide bonds. The van der Waals surface area contributed by atoms with Gasteiger partial charge in [-0.1, -0.05) is 19.1 Å². The Bertz CT molecular complexity index is 459. The third-order valence-corrected chi connectivity index (χ3v) is 4.91. The van der Waals surface area contributed by atoms with Crippen LogP contribution in [0.3, 0.4) is 0 Å². The van der Waals surface area contributed by atoms with Gasteiger partial charge in [-0.15, -0.1) is 11.6 Å². The summed E-state index contributed by atoms with van der Waals surface area (Å²) >= 11 is 5.51. The summed E-state index contributed by atoms with van der Waals surface area (Å²) in [5.74, 6) is 0.838. The van der Waals surface area contributed by atoms with Crippen LogP contribution in [0.5, 0.6) is 5.75 Å². The van der Waals surface area contributed by atoms with E-state index in [1.54, 1.807) is 7.11 Å². The SMILES string of the molecule is CCN(Cc1ccc(OC)cc1)S(=O)(=O)CCCl. The van der Waals surface area contributed by atoms with E-state index in [1.807, 2.05) is 31.2 Å². The molecule has 1 aromatic carbocycles. The molecule has 18 heavy (non-hydrogen) atoms. The summed E-state index contributed by atoms with van der Waals surface area (Å²) in [7, 11) is -1.67. The highest BCUT2D eigenvalue weighted by Gasteiger charge is 2.19. The zero-order valence-electron chi connectivity index (χ0n) is 10.6. The fraction of sp³-hybridized carbons (Fsp3) is 0.500. The first-order valence-corrected chi connectivity index (χ1v) is 7.84. The van der Waals surface area contributed by atoms with Crippen LogP contribution >= 0.6 is 11.6 Å². The van der Waals surface area contributed by atoms with E-state index in [9.17, 15) is 8.42 Å². The number of benzene rings is 1. The first kappa shape index (κ1) is 15.3. The van der Waals surface area contributed by atoms with E-state index in [0.717, 1.165) is 11.3 Å². The van der Waals surface area contributed by atoms with Crippen LogP contribution in [0, 0.1) is 0 Å². The summed E-state index contributed by atoms with van der Waals surface area (Å²) in [6.45, 7) is 2.61. The molecule has 4 nitrogen and oxygen atoms in total. The van der Waals surface area contributed by atoms with Crippen molar-refractivity contribution in [1.29, 1.82) is 0 Å². The lowest BCUT2D eigenvalue weighted by atomic mass is 10.2. The van der Waals surface area contributed by atoms with E-state index >= 15 is 0 Å². The van der Waals surface area contributed by atoms with Gasteiger partial charge in [-0.25, -0.2) is 8.42 Å². The van der Waals surface area contributed by atoms with Crippen LogP contribution in [-0.2, 0) is 16.6 Å². The van der Waals surface area contributed by atoms with E-state index in [1.165, 1.54) is 4.31 Å². The van der Waals surface area contributed by atoms with Gasteiger partial charge in [0, 0.05) is 19.0 Å². The highest BCUT2D eigenvalue weighted by molar-refractivity contribution is 7.89. The van der Waals surface area contributed by atoms with Gasteiger partial charge in [0.25, 0.3) is 0 Å². The molecule has 0 aromatic heterocycles. The maximum Gasteiger partial charge on any atom is 0.215 e. The van der Waals surface area contributed by atoms with Crippen molar-refractivity contribution >= 4 is 21.6 Å². The quantitative estimate of drug-likeness (QED) is 0.723. The number of hydrogen-bond acceptors (Lipinski definition) is 3. The summed E-state index contributed by atoms with van der Waals surface area (Å²) in [6, 6.07) is 7.35. The molecule has 6 heteroatoms. The molecule has 0 bridgehead atoms. The van der Waals surface area contributed by atoms with Gasteiger partial charge < -0.3 is 4.74 Å². The lowest BCUT2D eigenvalue weighted by Gasteiger charge is -2.20. The molecule has 0 atom stereocenters. The lowest BCUT2D eigenvalue weighted by Crippen LogP contribution is -2.32. The Balaban J connectivity index is 2.79. The largest absolute Gasteiger partial charge is 0.497 e. The van der Waals surface area contributed by atoms with E-state index in [2.05, 4.69) is 0 Å². The minimum Gasteiger partial charge on any atom is -0.497 e. The maximum atomic E-state index is 11.9. The van der Waals surface area contributed by atoms with E-state index < -0.39 is 10.0 Å². The Labute approximate surface area is 114 Å². The third kappa shape index (κ3) is 4.15. The number of methoxy groups -OCH3 is 1. The van der Waals surface area contributed by atoms with E-state index in [0.29, 0.717) is 13.1 Å². The van der Waals surface area contributed by atoms with Crippen LogP contribution in [0.1, 0.15) is 12.5 Å². The number of rotatable bonds is 7. The van der Waals surface area contributed by atoms with Crippen LogP contribution in [0.15, 0.2) is 24.3 Å². The van der Waals surface area contributed by atoms with Crippen LogP contribution in [-0.4, -0.2) is 38.0 Å². The molecule has 0 spiro atoms. The van der Waals surface area contributed by atoms with Gasteiger partial charge in [0.2, 0.25) is 10.0 Å². The van der Waals surface area contributed by atoms with Crippen molar-refractivity contribution in [2.75, 3.05) is 25.3 Å². The topological polar surface area (TPSA) is 46.6 Å². The van der Waals surface area contributed by atoms with Gasteiger partial charge in [-0.2, -0.15) is 4.31 Å². The number of alkyl halides is 1. The monoisotopic (exact) mass is 291 g/mol. The molecule has 1 rings (SSSR count). The van der Waals surface area contributed by atoms with Crippen molar-refractivity contribution < 1.29 is 13.2 Å². The lowest BCUT2D eigenvalue weighted by molar-refractivity contribution is 0.412. The molecule has 0 aliphatic heterocycles. The molecule has 0 N–H and O–H groups in total. The van der Waals surface area contributed by atoms with Crippen molar-refractivity contribution in [2.45, 2.75) is 13.5 Å². The van der Waals surface area contributed by atoms with Crippen molar-refractivity contribution in [3.05, 3.63) is 29.8 Å². The Hall–Kier alpha value is -0.780. The van der Waals surface area contributed by atoms with Crippen molar-refractivity contribution in [3.8, 4) is 5.75 Å². The molecule has 0 aliphatic rings. The first-order valence-electron chi connectivity index (χ1n) is 5.70. The number of sulfonamides is 1. The van der Waals surface area contributed by atoms with Gasteiger partial charge in [-0.3, -0.25) is 0 Å². The minimum atomic E-state index is -3.27. The molecule has 1 aromatic rings. The molecule has 0 heterocycles. The molecular formula is C12H18ClNO3S. The van der Waals surface area contributed by atoms with Gasteiger partial charge in [0.1, 0.15) is 5.75 Å². The number of halogens is 1. The Morgan fingerprint density at radius 3 is 2.33 bits per heavy atom. The van der Waals surface area contributed by atoms with E-state index in [4.69, 9.17) is 16.3 Å². The normalized spacial score (nSPS) is 11.8. The predicted octanol–water partition coefficient (Wildman–Crippen LogP) is 2.09. The predicted molar refractivity (Wildman–Crippen MR) is 73.6 cm³/mol. The molecule has 0 aliphatic carbocycles. The number of nitrogens with zero attached hydrogens (tertiary/aromatic N) is 1. The molecule has 0 radical (unpaired) electrons. The fourth-order valence-electron chi connectivity index (χ4n) is 1.57. The second-order valence-electron chi connectivity index (χ2n) is 3.78. The Morgan fingerprint density at radius 1 is 1.28 bits per heavy atom. The van der Waals surface area contributed by atoms with Gasteiger partial charge >= 0.3 is 0 Å². The number of hydrogen-bond donors (Lipinski definition) is 0. The van der Waals surface area contributed by atoms with E-state index in [-0.39, 0.29) is 11.6 Å². The smallest absolute Gasteiger partial charge is 0.215 e. The standard InChI is InChI=1S/C12H18ClNO3S/c1-3-14(18(15,16)9-8-13)10-11-4-6-12(17-2)7-5-11/h4-7H,3,8-10H2,1-2H3. The van der Waals surface area contributed by atoms with Crippen molar-refractivity contribution in [1.82, 2.24) is 4.31 Å². The average molecular weight is 292 g/mol. The van der Waals surface area contributed by atoms with Gasteiger partial charge in [-0.05, 0) is 17.7 Å². The summed E-state index contributed by atoms with van der Waals surface area (Å²) in [4.78, 5) is 0. The van der Waals surface area contributed by atoms with Crippen LogP contribution in [0.2, 0.25) is 0 Å². The number of ether oxygens (including phenoxy) is 1. The summed E-state index contributed by atoms with van der Waals surface area (Å²) in [5.41, 5.74) is 0.927. The molecule has 0 fully saturated rings. The van der Waals surface area contributed by atoms with Gasteiger partial charge in [0.05, 0.1) is 12.9 Å². The van der Waals surface area contributed by atoms with Crippen LogP contribution < -0.4 is 4.74 Å². The summed E-state index contributed by atoms with van der Waals surface area (Å²) in [5, 5.41) is 0. The average Bonchev–Trinajstić information content (AvgIpc) is 2.36. The Kier molecular flexibility index (Phi) is 5.91. The summed E-state index contributed by atoms with van der Waals surface area (Å²) < 4.78 is 30.3. The van der Waals surface area contributed by atoms with Crippen molar-refractivity contribution in [2.24, 2.45) is 0 Å². The highest BCUT2D eigenvalue weighted by Crippen LogP contribution is 2.15. The fourth-order valence-corrected chi connectivity index (χ4v) is 3.35. The maximum absolute atomic E-state index is 11.9. The second-order valence-corrected chi connectivity index (χ2v) is 6.25.